The third-order valence-electron chi connectivity index (χ3n) is 6.96. The Bertz CT molecular complexity index is 1110. The summed E-state index contributed by atoms with van der Waals surface area (Å²) in [7, 11) is -3.98. The van der Waals surface area contributed by atoms with Crippen molar-refractivity contribution in [2.75, 3.05) is 6.61 Å². The Morgan fingerprint density at radius 2 is 1.79 bits per heavy atom. The molecular weight excluding hydrogens is 438 g/mol. The second-order valence-corrected chi connectivity index (χ2v) is 11.1. The number of rotatable bonds is 7. The summed E-state index contributed by atoms with van der Waals surface area (Å²) in [4.78, 5) is 25.5. The van der Waals surface area contributed by atoms with Gasteiger partial charge in [-0.25, -0.2) is 8.42 Å². The van der Waals surface area contributed by atoms with Gasteiger partial charge in [-0.1, -0.05) is 54.4 Å². The van der Waals surface area contributed by atoms with E-state index in [0.29, 0.717) is 19.3 Å². The van der Waals surface area contributed by atoms with E-state index < -0.39 is 27.7 Å². The molecular formula is C26H31NO5S. The normalized spacial score (nSPS) is 26.4. The van der Waals surface area contributed by atoms with Crippen LogP contribution in [-0.2, 0) is 24.3 Å². The molecule has 7 heteroatoms. The smallest absolute Gasteiger partial charge is 0.245 e. The number of hydrogen-bond acceptors (Lipinski definition) is 5. The average Bonchev–Trinajstić information content (AvgIpc) is 3.26. The first kappa shape index (κ1) is 23.8. The van der Waals surface area contributed by atoms with Crippen LogP contribution in [0.15, 0.2) is 59.5 Å². The van der Waals surface area contributed by atoms with Crippen LogP contribution in [0.4, 0.5) is 0 Å². The van der Waals surface area contributed by atoms with Crippen molar-refractivity contribution in [3.8, 4) is 0 Å². The van der Waals surface area contributed by atoms with Crippen molar-refractivity contribution in [3.05, 3.63) is 65.7 Å². The Labute approximate surface area is 196 Å². The third kappa shape index (κ3) is 4.54. The summed E-state index contributed by atoms with van der Waals surface area (Å²) < 4.78 is 35.7. The monoisotopic (exact) mass is 469 g/mol. The van der Waals surface area contributed by atoms with Gasteiger partial charge in [0.1, 0.15) is 17.8 Å². The molecule has 1 aliphatic heterocycles. The predicted molar refractivity (Wildman–Crippen MR) is 125 cm³/mol. The number of hydrogen-bond donors (Lipinski definition) is 0. The molecule has 0 radical (unpaired) electrons. The SMILES string of the molecule is CC(=O)CC[C@@]1([C@H]2OC[C@@H](c3ccccc3)N2S(=O)(=O)c2ccc(C)cc2)CCCCC1=O. The molecule has 0 N–H and O–H groups in total. The second kappa shape index (κ2) is 9.49. The lowest BCUT2D eigenvalue weighted by Crippen LogP contribution is -2.53. The maximum Gasteiger partial charge on any atom is 0.245 e. The molecule has 1 heterocycles. The topological polar surface area (TPSA) is 80.8 Å². The molecule has 3 atom stereocenters. The molecule has 2 aromatic carbocycles. The highest BCUT2D eigenvalue weighted by atomic mass is 32.2. The zero-order chi connectivity index (χ0) is 23.6. The first-order valence-corrected chi connectivity index (χ1v) is 13.0. The summed E-state index contributed by atoms with van der Waals surface area (Å²) >= 11 is 0. The Morgan fingerprint density at radius 1 is 1.09 bits per heavy atom. The van der Waals surface area contributed by atoms with Crippen molar-refractivity contribution < 1.29 is 22.7 Å². The molecule has 2 aromatic rings. The minimum Gasteiger partial charge on any atom is -0.359 e. The number of ether oxygens (including phenoxy) is 1. The Balaban J connectivity index is 1.84. The van der Waals surface area contributed by atoms with Crippen LogP contribution in [0.2, 0.25) is 0 Å². The second-order valence-electron chi connectivity index (χ2n) is 9.25. The lowest BCUT2D eigenvalue weighted by molar-refractivity contribution is -0.147. The van der Waals surface area contributed by atoms with Gasteiger partial charge in [-0.05, 0) is 50.8 Å². The molecule has 0 unspecified atom stereocenters. The summed E-state index contributed by atoms with van der Waals surface area (Å²) in [6.07, 6.45) is 2.06. The fourth-order valence-corrected chi connectivity index (χ4v) is 6.86. The number of Topliss-reactive ketones (excluding diaryl/α,β-unsaturated/α-hetero) is 2. The van der Waals surface area contributed by atoms with E-state index in [-0.39, 0.29) is 29.5 Å². The zero-order valence-corrected chi connectivity index (χ0v) is 20.0. The lowest BCUT2D eigenvalue weighted by Gasteiger charge is -2.43. The first-order valence-electron chi connectivity index (χ1n) is 11.6. The van der Waals surface area contributed by atoms with E-state index in [1.54, 1.807) is 24.3 Å². The number of sulfonamides is 1. The summed E-state index contributed by atoms with van der Waals surface area (Å²) in [5, 5.41) is 0. The van der Waals surface area contributed by atoms with Gasteiger partial charge in [0, 0.05) is 12.8 Å². The number of carbonyl (C=O) groups is 2. The van der Waals surface area contributed by atoms with Crippen molar-refractivity contribution in [1.29, 1.82) is 0 Å². The van der Waals surface area contributed by atoms with Gasteiger partial charge in [-0.3, -0.25) is 4.79 Å². The van der Waals surface area contributed by atoms with Gasteiger partial charge in [-0.15, -0.1) is 0 Å². The standard InChI is InChI=1S/C26H31NO5S/c1-19-11-13-22(14-12-19)33(30,31)27-23(21-8-4-3-5-9-21)18-32-25(27)26(17-15-20(2)28)16-7-6-10-24(26)29/h3-5,8-9,11-14,23,25H,6-7,10,15-18H2,1-2H3/t23-,25+,26-/m0/s1. The van der Waals surface area contributed by atoms with Gasteiger partial charge in [0.05, 0.1) is 23.0 Å². The fourth-order valence-electron chi connectivity index (χ4n) is 5.10. The van der Waals surface area contributed by atoms with Gasteiger partial charge in [-0.2, -0.15) is 4.31 Å². The van der Waals surface area contributed by atoms with Crippen LogP contribution in [-0.4, -0.2) is 37.1 Å². The average molecular weight is 470 g/mol. The van der Waals surface area contributed by atoms with Crippen LogP contribution in [0.3, 0.4) is 0 Å². The van der Waals surface area contributed by atoms with E-state index in [4.69, 9.17) is 4.74 Å². The molecule has 0 bridgehead atoms. The first-order chi connectivity index (χ1) is 15.8. The minimum absolute atomic E-state index is 0.00202. The number of nitrogens with zero attached hydrogens (tertiary/aromatic N) is 1. The van der Waals surface area contributed by atoms with E-state index in [2.05, 4.69) is 0 Å². The van der Waals surface area contributed by atoms with Crippen LogP contribution in [0.1, 0.15) is 62.6 Å². The molecule has 2 fully saturated rings. The fraction of sp³-hybridized carbons (Fsp3) is 0.462. The molecule has 1 saturated carbocycles. The highest BCUT2D eigenvalue weighted by molar-refractivity contribution is 7.89. The number of benzene rings is 2. The van der Waals surface area contributed by atoms with Crippen LogP contribution in [0, 0.1) is 12.3 Å². The molecule has 1 saturated heterocycles. The molecule has 2 aliphatic rings. The minimum atomic E-state index is -3.98. The van der Waals surface area contributed by atoms with Crippen molar-refractivity contribution >= 4 is 21.6 Å². The highest BCUT2D eigenvalue weighted by Crippen LogP contribution is 2.49. The van der Waals surface area contributed by atoms with Crippen LogP contribution in [0.5, 0.6) is 0 Å². The molecule has 0 amide bonds. The van der Waals surface area contributed by atoms with Crippen LogP contribution < -0.4 is 0 Å². The van der Waals surface area contributed by atoms with Crippen LogP contribution >= 0.6 is 0 Å². The maximum atomic E-state index is 14.0. The Morgan fingerprint density at radius 3 is 2.42 bits per heavy atom. The van der Waals surface area contributed by atoms with E-state index >= 15 is 0 Å². The van der Waals surface area contributed by atoms with E-state index in [0.717, 1.165) is 24.0 Å². The summed E-state index contributed by atoms with van der Waals surface area (Å²) in [5.74, 6) is -0.0175. The maximum absolute atomic E-state index is 14.0. The van der Waals surface area contributed by atoms with E-state index in [1.807, 2.05) is 37.3 Å². The predicted octanol–water partition coefficient (Wildman–Crippen LogP) is 4.58. The zero-order valence-electron chi connectivity index (χ0n) is 19.2. The van der Waals surface area contributed by atoms with Crippen molar-refractivity contribution in [2.45, 2.75) is 69.5 Å². The molecule has 4 rings (SSSR count). The van der Waals surface area contributed by atoms with Gasteiger partial charge in [0.25, 0.3) is 0 Å². The lowest BCUT2D eigenvalue weighted by atomic mass is 9.68. The van der Waals surface area contributed by atoms with Crippen LogP contribution in [0.25, 0.3) is 0 Å². The Hall–Kier alpha value is -2.35. The number of aryl methyl sites for hydroxylation is 1. The summed E-state index contributed by atoms with van der Waals surface area (Å²) in [6.45, 7) is 3.57. The highest BCUT2D eigenvalue weighted by Gasteiger charge is 2.57. The van der Waals surface area contributed by atoms with Gasteiger partial charge in [0.2, 0.25) is 10.0 Å². The summed E-state index contributed by atoms with van der Waals surface area (Å²) in [5.41, 5.74) is 0.759. The third-order valence-corrected chi connectivity index (χ3v) is 8.83. The Kier molecular flexibility index (Phi) is 6.84. The molecule has 0 spiro atoms. The van der Waals surface area contributed by atoms with Crippen molar-refractivity contribution in [1.82, 2.24) is 4.31 Å². The van der Waals surface area contributed by atoms with E-state index in [9.17, 15) is 18.0 Å². The number of carbonyl (C=O) groups excluding carboxylic acids is 2. The molecule has 1 aliphatic carbocycles. The number of ketones is 2. The quantitative estimate of drug-likeness (QED) is 0.593. The largest absolute Gasteiger partial charge is 0.359 e. The van der Waals surface area contributed by atoms with Gasteiger partial charge < -0.3 is 9.53 Å². The summed E-state index contributed by atoms with van der Waals surface area (Å²) in [6, 6.07) is 15.6. The van der Waals surface area contributed by atoms with E-state index in [1.165, 1.54) is 11.2 Å². The van der Waals surface area contributed by atoms with Gasteiger partial charge in [0.15, 0.2) is 0 Å². The van der Waals surface area contributed by atoms with Gasteiger partial charge >= 0.3 is 0 Å². The molecule has 33 heavy (non-hydrogen) atoms. The molecule has 0 aromatic heterocycles. The van der Waals surface area contributed by atoms with Crippen molar-refractivity contribution in [3.63, 3.8) is 0 Å². The molecule has 6 nitrogen and oxygen atoms in total. The molecule has 176 valence electrons. The van der Waals surface area contributed by atoms with Crippen molar-refractivity contribution in [2.24, 2.45) is 5.41 Å².